The maximum Gasteiger partial charge on any atom is 0.258 e. The monoisotopic (exact) mass is 327 g/mol. The number of aliphatic hydroxyl groups is 1. The second-order valence-corrected chi connectivity index (χ2v) is 5.53. The van der Waals surface area contributed by atoms with E-state index in [2.05, 4.69) is 5.32 Å². The zero-order chi connectivity index (χ0) is 17.1. The number of fused-ring (bicyclic) bond motifs is 2. The van der Waals surface area contributed by atoms with Crippen LogP contribution in [0.1, 0.15) is 6.92 Å². The van der Waals surface area contributed by atoms with Crippen molar-refractivity contribution in [2.45, 2.75) is 13.0 Å². The van der Waals surface area contributed by atoms with Gasteiger partial charge in [0.1, 0.15) is 16.9 Å². The Morgan fingerprint density at radius 1 is 1.21 bits per heavy atom. The highest BCUT2D eigenvalue weighted by atomic mass is 16.5. The van der Waals surface area contributed by atoms with Crippen LogP contribution in [0.2, 0.25) is 0 Å². The molecule has 124 valence electrons. The molecule has 0 aliphatic rings. The molecule has 0 saturated carbocycles. The highest BCUT2D eigenvalue weighted by Crippen LogP contribution is 2.22. The summed E-state index contributed by atoms with van der Waals surface area (Å²) in [5.74, 6) is 0.0871. The quantitative estimate of drug-likeness (QED) is 0.698. The molecule has 2 aromatic carbocycles. The number of benzene rings is 2. The summed E-state index contributed by atoms with van der Waals surface area (Å²) in [6, 6.07) is 11.9. The van der Waals surface area contributed by atoms with E-state index in [9.17, 15) is 9.59 Å². The summed E-state index contributed by atoms with van der Waals surface area (Å²) in [5.41, 5.74) is 0.801. The van der Waals surface area contributed by atoms with E-state index in [1.54, 1.807) is 49.4 Å². The summed E-state index contributed by atoms with van der Waals surface area (Å²) >= 11 is 0. The van der Waals surface area contributed by atoms with Gasteiger partial charge in [0.25, 0.3) is 5.91 Å². The number of aliphatic hydroxyl groups excluding tert-OH is 1. The molecule has 1 atom stereocenters. The zero-order valence-electron chi connectivity index (χ0n) is 13.1. The van der Waals surface area contributed by atoms with Gasteiger partial charge in [0.05, 0.1) is 16.9 Å². The van der Waals surface area contributed by atoms with Gasteiger partial charge in [-0.25, -0.2) is 0 Å². The van der Waals surface area contributed by atoms with E-state index in [0.29, 0.717) is 27.7 Å². The summed E-state index contributed by atoms with van der Waals surface area (Å²) in [6.07, 6.45) is -0.614. The van der Waals surface area contributed by atoms with E-state index < -0.39 is 6.10 Å². The molecule has 0 bridgehead atoms. The van der Waals surface area contributed by atoms with Crippen molar-refractivity contribution >= 4 is 27.8 Å². The second kappa shape index (κ2) is 6.72. The van der Waals surface area contributed by atoms with Crippen LogP contribution in [0.15, 0.2) is 51.7 Å². The molecule has 6 heteroatoms. The summed E-state index contributed by atoms with van der Waals surface area (Å²) in [5, 5.41) is 12.6. The number of amides is 1. The minimum absolute atomic E-state index is 0.104. The van der Waals surface area contributed by atoms with Gasteiger partial charge in [0.2, 0.25) is 5.43 Å². The first kappa shape index (κ1) is 16.0. The lowest BCUT2D eigenvalue weighted by Gasteiger charge is -2.09. The Labute approximate surface area is 137 Å². The first-order valence-corrected chi connectivity index (χ1v) is 7.58. The smallest absolute Gasteiger partial charge is 0.258 e. The van der Waals surface area contributed by atoms with Crippen molar-refractivity contribution in [3.05, 3.63) is 52.7 Å². The molecule has 0 unspecified atom stereocenters. The molecule has 1 aromatic heterocycles. The van der Waals surface area contributed by atoms with E-state index in [1.807, 2.05) is 0 Å². The maximum atomic E-state index is 12.4. The largest absolute Gasteiger partial charge is 0.484 e. The van der Waals surface area contributed by atoms with Crippen molar-refractivity contribution in [1.82, 2.24) is 5.32 Å². The predicted molar refractivity (Wildman–Crippen MR) is 90.2 cm³/mol. The van der Waals surface area contributed by atoms with Crippen molar-refractivity contribution in [1.29, 1.82) is 0 Å². The van der Waals surface area contributed by atoms with E-state index in [-0.39, 0.29) is 24.5 Å². The number of carbonyl (C=O) groups is 1. The third-order valence-corrected chi connectivity index (χ3v) is 3.51. The Morgan fingerprint density at radius 3 is 2.75 bits per heavy atom. The molecule has 0 aliphatic carbocycles. The van der Waals surface area contributed by atoms with Crippen LogP contribution in [-0.4, -0.2) is 30.3 Å². The molecule has 0 aliphatic heterocycles. The summed E-state index contributed by atoms with van der Waals surface area (Å²) in [4.78, 5) is 24.0. The second-order valence-electron chi connectivity index (χ2n) is 5.53. The van der Waals surface area contributed by atoms with Crippen molar-refractivity contribution in [2.24, 2.45) is 0 Å². The fourth-order valence-electron chi connectivity index (χ4n) is 2.33. The topological polar surface area (TPSA) is 88.8 Å². The average molecular weight is 327 g/mol. The third kappa shape index (κ3) is 3.38. The van der Waals surface area contributed by atoms with Gasteiger partial charge < -0.3 is 19.6 Å². The average Bonchev–Trinajstić information content (AvgIpc) is 2.58. The predicted octanol–water partition coefficient (Wildman–Crippen LogP) is 1.82. The minimum atomic E-state index is -0.614. The van der Waals surface area contributed by atoms with Gasteiger partial charge in [-0.3, -0.25) is 9.59 Å². The van der Waals surface area contributed by atoms with Crippen molar-refractivity contribution in [2.75, 3.05) is 13.2 Å². The van der Waals surface area contributed by atoms with Gasteiger partial charge in [-0.2, -0.15) is 0 Å². The van der Waals surface area contributed by atoms with Crippen LogP contribution in [0, 0.1) is 0 Å². The fraction of sp³-hybridized carbons (Fsp3) is 0.222. The van der Waals surface area contributed by atoms with Gasteiger partial charge in [-0.15, -0.1) is 0 Å². The van der Waals surface area contributed by atoms with Gasteiger partial charge >= 0.3 is 0 Å². The third-order valence-electron chi connectivity index (χ3n) is 3.51. The molecule has 1 heterocycles. The number of rotatable bonds is 5. The molecule has 3 rings (SSSR count). The molecule has 6 nitrogen and oxygen atoms in total. The Balaban J connectivity index is 1.82. The number of hydrogen-bond donors (Lipinski definition) is 2. The molecular weight excluding hydrogens is 310 g/mol. The molecule has 24 heavy (non-hydrogen) atoms. The van der Waals surface area contributed by atoms with E-state index in [1.165, 1.54) is 0 Å². The standard InChI is InChI=1S/C18H17NO5/c1-11(20)9-19-17(21)10-23-12-6-7-14-16(8-12)24-15-5-3-2-4-13(15)18(14)22/h2-8,11,20H,9-10H2,1H3,(H,19,21)/t11-/m1/s1. The van der Waals surface area contributed by atoms with Crippen LogP contribution in [0.4, 0.5) is 0 Å². The van der Waals surface area contributed by atoms with Gasteiger partial charge in [-0.05, 0) is 31.2 Å². The molecular formula is C18H17NO5. The van der Waals surface area contributed by atoms with Crippen LogP contribution >= 0.6 is 0 Å². The van der Waals surface area contributed by atoms with Crippen molar-refractivity contribution in [3.8, 4) is 5.75 Å². The van der Waals surface area contributed by atoms with E-state index in [0.717, 1.165) is 0 Å². The van der Waals surface area contributed by atoms with E-state index in [4.69, 9.17) is 14.3 Å². The van der Waals surface area contributed by atoms with Gasteiger partial charge in [0.15, 0.2) is 6.61 Å². The molecule has 3 aromatic rings. The fourth-order valence-corrected chi connectivity index (χ4v) is 2.33. The summed E-state index contributed by atoms with van der Waals surface area (Å²) in [6.45, 7) is 1.56. The van der Waals surface area contributed by atoms with E-state index >= 15 is 0 Å². The van der Waals surface area contributed by atoms with Crippen LogP contribution in [0.25, 0.3) is 21.9 Å². The Kier molecular flexibility index (Phi) is 4.48. The Morgan fingerprint density at radius 2 is 1.96 bits per heavy atom. The lowest BCUT2D eigenvalue weighted by molar-refractivity contribution is -0.123. The summed E-state index contributed by atoms with van der Waals surface area (Å²) < 4.78 is 11.1. The molecule has 0 spiro atoms. The number of para-hydroxylation sites is 1. The number of ether oxygens (including phenoxy) is 1. The Bertz CT molecular complexity index is 945. The van der Waals surface area contributed by atoms with Crippen molar-refractivity contribution in [3.63, 3.8) is 0 Å². The first-order valence-electron chi connectivity index (χ1n) is 7.58. The summed E-state index contributed by atoms with van der Waals surface area (Å²) in [7, 11) is 0. The lowest BCUT2D eigenvalue weighted by Crippen LogP contribution is -2.34. The van der Waals surface area contributed by atoms with Crippen LogP contribution < -0.4 is 15.5 Å². The first-order chi connectivity index (χ1) is 11.5. The minimum Gasteiger partial charge on any atom is -0.484 e. The lowest BCUT2D eigenvalue weighted by atomic mass is 10.1. The van der Waals surface area contributed by atoms with Crippen molar-refractivity contribution < 1.29 is 19.1 Å². The van der Waals surface area contributed by atoms with Crippen LogP contribution in [0.3, 0.4) is 0 Å². The molecule has 1 amide bonds. The molecule has 0 saturated heterocycles. The van der Waals surface area contributed by atoms with Crippen LogP contribution in [-0.2, 0) is 4.79 Å². The highest BCUT2D eigenvalue weighted by Gasteiger charge is 2.09. The highest BCUT2D eigenvalue weighted by molar-refractivity contribution is 5.90. The number of hydrogen-bond acceptors (Lipinski definition) is 5. The molecule has 0 fully saturated rings. The van der Waals surface area contributed by atoms with Gasteiger partial charge in [-0.1, -0.05) is 12.1 Å². The van der Waals surface area contributed by atoms with Gasteiger partial charge in [0, 0.05) is 12.6 Å². The number of nitrogens with one attached hydrogen (secondary N) is 1. The normalized spacial score (nSPS) is 12.2. The molecule has 2 N–H and O–H groups in total. The number of carbonyl (C=O) groups excluding carboxylic acids is 1. The van der Waals surface area contributed by atoms with Crippen LogP contribution in [0.5, 0.6) is 5.75 Å². The maximum absolute atomic E-state index is 12.4. The zero-order valence-corrected chi connectivity index (χ0v) is 13.1. The molecule has 0 radical (unpaired) electrons. The SMILES string of the molecule is C[C@@H](O)CNC(=O)COc1ccc2c(=O)c3ccccc3oc2c1. The Hall–Kier alpha value is -2.86.